The van der Waals surface area contributed by atoms with Crippen LogP contribution in [0.1, 0.15) is 36.6 Å². The summed E-state index contributed by atoms with van der Waals surface area (Å²) in [6.45, 7) is 3.56. The third-order valence-electron chi connectivity index (χ3n) is 6.25. The minimum Gasteiger partial charge on any atom is -0.433 e. The molecule has 0 bridgehead atoms. The van der Waals surface area contributed by atoms with Gasteiger partial charge in [0, 0.05) is 36.7 Å². The molecule has 0 amide bonds. The molecular formula is C26H26F3N7O. The van der Waals surface area contributed by atoms with E-state index in [-0.39, 0.29) is 23.4 Å². The summed E-state index contributed by atoms with van der Waals surface area (Å²) in [6, 6.07) is 11.3. The lowest BCUT2D eigenvalue weighted by molar-refractivity contribution is -0.0499. The number of halogens is 3. The van der Waals surface area contributed by atoms with Crippen LogP contribution < -0.4 is 15.0 Å². The lowest BCUT2D eigenvalue weighted by atomic mass is 9.88. The molecule has 0 fully saturated rings. The number of fused-ring (bicyclic) bond motifs is 1. The summed E-state index contributed by atoms with van der Waals surface area (Å²) in [4.78, 5) is 15.7. The molecule has 0 radical (unpaired) electrons. The Balaban J connectivity index is 1.54. The number of alkyl halides is 2. The average Bonchev–Trinajstić information content (AvgIpc) is 3.39. The summed E-state index contributed by atoms with van der Waals surface area (Å²) in [7, 11) is 1.80. The molecule has 2 aromatic heterocycles. The molecule has 1 aliphatic rings. The second kappa shape index (κ2) is 9.38. The fourth-order valence-electron chi connectivity index (χ4n) is 4.65. The molecule has 0 saturated heterocycles. The van der Waals surface area contributed by atoms with Crippen molar-refractivity contribution in [3.05, 3.63) is 77.4 Å². The lowest BCUT2D eigenvalue weighted by Crippen LogP contribution is -2.25. The van der Waals surface area contributed by atoms with Crippen molar-refractivity contribution < 1.29 is 17.9 Å². The van der Waals surface area contributed by atoms with Crippen molar-refractivity contribution in [1.29, 1.82) is 0 Å². The van der Waals surface area contributed by atoms with E-state index in [1.807, 2.05) is 4.90 Å². The van der Waals surface area contributed by atoms with E-state index in [2.05, 4.69) is 29.2 Å². The fraction of sp³-hybridized carbons (Fsp3) is 0.308. The van der Waals surface area contributed by atoms with Crippen molar-refractivity contribution in [1.82, 2.24) is 24.7 Å². The van der Waals surface area contributed by atoms with Crippen LogP contribution in [0.5, 0.6) is 5.75 Å². The SMILES string of the molecule is CNc1nc(Cc2ccc(-n3cnc(C)n3)c(OC(F)F)c2)nc2c1C(C)(C)CN2c1ccc(F)cc1. The molecule has 2 aromatic carbocycles. The van der Waals surface area contributed by atoms with E-state index in [9.17, 15) is 13.2 Å². The highest BCUT2D eigenvalue weighted by Gasteiger charge is 2.40. The predicted octanol–water partition coefficient (Wildman–Crippen LogP) is 5.17. The second-order valence-electron chi connectivity index (χ2n) is 9.48. The number of benzene rings is 2. The van der Waals surface area contributed by atoms with Gasteiger partial charge in [0.25, 0.3) is 0 Å². The van der Waals surface area contributed by atoms with Crippen LogP contribution in [0, 0.1) is 12.7 Å². The number of hydrogen-bond donors (Lipinski definition) is 1. The van der Waals surface area contributed by atoms with Crippen LogP contribution in [0.4, 0.5) is 30.5 Å². The van der Waals surface area contributed by atoms with Crippen molar-refractivity contribution in [2.75, 3.05) is 23.8 Å². The van der Waals surface area contributed by atoms with Crippen LogP contribution in [-0.4, -0.2) is 44.9 Å². The van der Waals surface area contributed by atoms with Gasteiger partial charge in [-0.2, -0.15) is 13.9 Å². The molecule has 0 unspecified atom stereocenters. The Bertz CT molecular complexity index is 1440. The molecule has 3 heterocycles. The quantitative estimate of drug-likeness (QED) is 0.368. The molecule has 4 aromatic rings. The zero-order chi connectivity index (χ0) is 26.3. The average molecular weight is 510 g/mol. The first-order valence-corrected chi connectivity index (χ1v) is 11.7. The Hall–Kier alpha value is -4.15. The number of anilines is 3. The monoisotopic (exact) mass is 509 g/mol. The molecule has 0 spiro atoms. The number of rotatable bonds is 7. The largest absolute Gasteiger partial charge is 0.433 e. The Labute approximate surface area is 212 Å². The molecule has 37 heavy (non-hydrogen) atoms. The maximum atomic E-state index is 13.6. The summed E-state index contributed by atoms with van der Waals surface area (Å²) in [5.41, 5.74) is 2.54. The Morgan fingerprint density at radius 1 is 1.11 bits per heavy atom. The van der Waals surface area contributed by atoms with Crippen molar-refractivity contribution in [2.24, 2.45) is 0 Å². The van der Waals surface area contributed by atoms with Crippen LogP contribution in [0.15, 0.2) is 48.8 Å². The summed E-state index contributed by atoms with van der Waals surface area (Å²) in [5.74, 6) is 2.08. The van der Waals surface area contributed by atoms with E-state index in [1.165, 1.54) is 29.2 Å². The first kappa shape index (κ1) is 24.5. The van der Waals surface area contributed by atoms with Gasteiger partial charge >= 0.3 is 6.61 Å². The van der Waals surface area contributed by atoms with Crippen molar-refractivity contribution in [3.63, 3.8) is 0 Å². The van der Waals surface area contributed by atoms with Gasteiger partial charge < -0.3 is 15.0 Å². The van der Waals surface area contributed by atoms with Gasteiger partial charge in [-0.1, -0.05) is 19.9 Å². The summed E-state index contributed by atoms with van der Waals surface area (Å²) in [6.07, 6.45) is 1.72. The lowest BCUT2D eigenvalue weighted by Gasteiger charge is -2.21. The van der Waals surface area contributed by atoms with Crippen LogP contribution in [-0.2, 0) is 11.8 Å². The smallest absolute Gasteiger partial charge is 0.387 e. The molecule has 8 nitrogen and oxygen atoms in total. The van der Waals surface area contributed by atoms with Crippen LogP contribution in [0.3, 0.4) is 0 Å². The topological polar surface area (TPSA) is 81.0 Å². The number of ether oxygens (including phenoxy) is 1. The first-order chi connectivity index (χ1) is 17.6. The minimum atomic E-state index is -3.00. The van der Waals surface area contributed by atoms with Gasteiger partial charge in [0.2, 0.25) is 0 Å². The van der Waals surface area contributed by atoms with Crippen molar-refractivity contribution in [3.8, 4) is 11.4 Å². The molecule has 192 valence electrons. The molecule has 11 heteroatoms. The van der Waals surface area contributed by atoms with E-state index in [1.54, 1.807) is 38.2 Å². The van der Waals surface area contributed by atoms with Crippen LogP contribution in [0.2, 0.25) is 0 Å². The number of nitrogens with one attached hydrogen (secondary N) is 1. The molecule has 0 aliphatic carbocycles. The third kappa shape index (κ3) is 4.81. The Morgan fingerprint density at radius 3 is 2.51 bits per heavy atom. The summed E-state index contributed by atoms with van der Waals surface area (Å²) < 4.78 is 46.2. The van der Waals surface area contributed by atoms with Gasteiger partial charge in [-0.25, -0.2) is 24.0 Å². The van der Waals surface area contributed by atoms with Gasteiger partial charge in [-0.15, -0.1) is 0 Å². The second-order valence-corrected chi connectivity index (χ2v) is 9.48. The van der Waals surface area contributed by atoms with Gasteiger partial charge in [0.05, 0.1) is 0 Å². The molecule has 1 aliphatic heterocycles. The van der Waals surface area contributed by atoms with Gasteiger partial charge in [-0.3, -0.25) is 0 Å². The van der Waals surface area contributed by atoms with E-state index < -0.39 is 6.61 Å². The highest BCUT2D eigenvalue weighted by Crippen LogP contribution is 2.46. The Morgan fingerprint density at radius 2 is 1.86 bits per heavy atom. The molecule has 0 atom stereocenters. The molecule has 1 N–H and O–H groups in total. The highest BCUT2D eigenvalue weighted by atomic mass is 19.3. The maximum absolute atomic E-state index is 13.6. The molecular weight excluding hydrogens is 483 g/mol. The number of hydrogen-bond acceptors (Lipinski definition) is 7. The number of nitrogens with zero attached hydrogens (tertiary/aromatic N) is 6. The van der Waals surface area contributed by atoms with Gasteiger partial charge in [0.1, 0.15) is 41.1 Å². The van der Waals surface area contributed by atoms with E-state index in [0.29, 0.717) is 35.3 Å². The van der Waals surface area contributed by atoms with Crippen molar-refractivity contribution in [2.45, 2.75) is 39.2 Å². The van der Waals surface area contributed by atoms with Crippen molar-refractivity contribution >= 4 is 17.3 Å². The fourth-order valence-corrected chi connectivity index (χ4v) is 4.65. The van der Waals surface area contributed by atoms with E-state index >= 15 is 0 Å². The zero-order valence-corrected chi connectivity index (χ0v) is 20.8. The minimum absolute atomic E-state index is 0.0264. The standard InChI is InChI=1S/C26H26F3N7O/c1-15-31-14-36(34-15)19-10-5-16(11-20(19)37-25(28)29)12-21-32-23(30-4)22-24(33-21)35(13-26(22,2)3)18-8-6-17(27)7-9-18/h5-11,14,25H,12-13H2,1-4H3,(H,30,32,33). The highest BCUT2D eigenvalue weighted by molar-refractivity contribution is 5.74. The normalized spacial score (nSPS) is 14.2. The Kier molecular flexibility index (Phi) is 6.22. The maximum Gasteiger partial charge on any atom is 0.387 e. The van der Waals surface area contributed by atoms with Crippen LogP contribution >= 0.6 is 0 Å². The predicted molar refractivity (Wildman–Crippen MR) is 134 cm³/mol. The zero-order valence-electron chi connectivity index (χ0n) is 20.8. The summed E-state index contributed by atoms with van der Waals surface area (Å²) in [5, 5.41) is 7.38. The van der Waals surface area contributed by atoms with E-state index in [4.69, 9.17) is 14.7 Å². The van der Waals surface area contributed by atoms with E-state index in [0.717, 1.165) is 17.1 Å². The molecule has 0 saturated carbocycles. The number of aryl methyl sites for hydroxylation is 1. The third-order valence-corrected chi connectivity index (χ3v) is 6.25. The van der Waals surface area contributed by atoms with Gasteiger partial charge in [0.15, 0.2) is 5.75 Å². The molecule has 5 rings (SSSR count). The first-order valence-electron chi connectivity index (χ1n) is 11.7. The van der Waals surface area contributed by atoms with Crippen LogP contribution in [0.25, 0.3) is 5.69 Å². The number of aromatic nitrogens is 5. The van der Waals surface area contributed by atoms with Gasteiger partial charge in [-0.05, 0) is 48.9 Å². The summed E-state index contributed by atoms with van der Waals surface area (Å²) >= 11 is 0.